The summed E-state index contributed by atoms with van der Waals surface area (Å²) in [6.45, 7) is 6.59. The summed E-state index contributed by atoms with van der Waals surface area (Å²) in [5, 5.41) is 2.73. The van der Waals surface area contributed by atoms with Crippen molar-refractivity contribution in [1.82, 2.24) is 9.88 Å². The molecular weight excluding hydrogens is 298 g/mol. The number of hydrogen-bond acceptors (Lipinski definition) is 5. The summed E-state index contributed by atoms with van der Waals surface area (Å²) in [6, 6.07) is 0. The van der Waals surface area contributed by atoms with E-state index in [-0.39, 0.29) is 18.3 Å². The quantitative estimate of drug-likeness (QED) is 0.793. The molecule has 0 aliphatic carbocycles. The number of thiazole rings is 1. The molecule has 7 heteroatoms. The van der Waals surface area contributed by atoms with Crippen molar-refractivity contribution >= 4 is 29.7 Å². The fourth-order valence-corrected chi connectivity index (χ4v) is 2.52. The molecule has 0 aliphatic rings. The highest BCUT2D eigenvalue weighted by Crippen LogP contribution is 2.13. The fraction of sp³-hybridized carbons (Fsp3) is 0.692. The number of hydrogen-bond donors (Lipinski definition) is 1. The second-order valence-electron chi connectivity index (χ2n) is 4.80. The predicted molar refractivity (Wildman–Crippen MR) is 84.7 cm³/mol. The Hall–Kier alpha value is -0.690. The second-order valence-corrected chi connectivity index (χ2v) is 5.75. The van der Waals surface area contributed by atoms with E-state index in [2.05, 4.69) is 18.8 Å². The number of aromatic nitrogens is 1. The number of carbonyl (C=O) groups excluding carboxylic acids is 1. The van der Waals surface area contributed by atoms with E-state index in [1.54, 1.807) is 12.0 Å². The van der Waals surface area contributed by atoms with Crippen LogP contribution in [0.1, 0.15) is 29.3 Å². The van der Waals surface area contributed by atoms with Crippen LogP contribution in [-0.4, -0.2) is 49.1 Å². The molecule has 0 aromatic carbocycles. The van der Waals surface area contributed by atoms with Crippen molar-refractivity contribution in [2.24, 2.45) is 11.7 Å². The Morgan fingerprint density at radius 1 is 1.55 bits per heavy atom. The van der Waals surface area contributed by atoms with Crippen molar-refractivity contribution in [3.63, 3.8) is 0 Å². The van der Waals surface area contributed by atoms with Crippen LogP contribution < -0.4 is 5.73 Å². The first-order chi connectivity index (χ1) is 9.08. The van der Waals surface area contributed by atoms with Gasteiger partial charge in [-0.15, -0.1) is 23.7 Å². The Morgan fingerprint density at radius 3 is 2.80 bits per heavy atom. The Balaban J connectivity index is 0.00000361. The maximum absolute atomic E-state index is 12.4. The van der Waals surface area contributed by atoms with Crippen LogP contribution in [-0.2, 0) is 11.2 Å². The molecule has 0 spiro atoms. The van der Waals surface area contributed by atoms with E-state index < -0.39 is 0 Å². The zero-order valence-corrected chi connectivity index (χ0v) is 13.9. The first-order valence-electron chi connectivity index (χ1n) is 6.51. The van der Waals surface area contributed by atoms with Gasteiger partial charge in [-0.05, 0) is 12.5 Å². The number of nitrogens with two attached hydrogens (primary N) is 1. The van der Waals surface area contributed by atoms with Gasteiger partial charge in [-0.25, -0.2) is 4.98 Å². The van der Waals surface area contributed by atoms with E-state index in [4.69, 9.17) is 10.5 Å². The van der Waals surface area contributed by atoms with Crippen LogP contribution in [0, 0.1) is 5.92 Å². The largest absolute Gasteiger partial charge is 0.383 e. The molecule has 1 aromatic heterocycles. The third kappa shape index (κ3) is 6.17. The van der Waals surface area contributed by atoms with E-state index in [1.807, 2.05) is 5.38 Å². The Labute approximate surface area is 130 Å². The molecule has 1 heterocycles. The smallest absolute Gasteiger partial charge is 0.273 e. The van der Waals surface area contributed by atoms with Crippen molar-refractivity contribution in [2.45, 2.75) is 20.3 Å². The highest BCUT2D eigenvalue weighted by molar-refractivity contribution is 7.09. The molecule has 0 saturated carbocycles. The summed E-state index contributed by atoms with van der Waals surface area (Å²) in [5.74, 6) is 0.397. The van der Waals surface area contributed by atoms with E-state index in [9.17, 15) is 4.79 Å². The van der Waals surface area contributed by atoms with E-state index >= 15 is 0 Å². The maximum Gasteiger partial charge on any atom is 0.273 e. The van der Waals surface area contributed by atoms with Crippen LogP contribution >= 0.6 is 23.7 Å². The monoisotopic (exact) mass is 321 g/mol. The third-order valence-corrected chi connectivity index (χ3v) is 3.48. The van der Waals surface area contributed by atoms with Crippen LogP contribution in [0.15, 0.2) is 5.38 Å². The lowest BCUT2D eigenvalue weighted by atomic mass is 10.2. The minimum absolute atomic E-state index is 0. The number of amides is 1. The standard InChI is InChI=1S/C13H23N3O2S.ClH/c1-10(2)8-16(6-7-18-3)13(17)11-9-19-12(15-11)4-5-14;/h9-10H,4-8,14H2,1-3H3;1H. The van der Waals surface area contributed by atoms with Crippen molar-refractivity contribution in [3.05, 3.63) is 16.1 Å². The molecular formula is C13H24ClN3O2S. The molecule has 1 rings (SSSR count). The third-order valence-electron chi connectivity index (χ3n) is 2.57. The summed E-state index contributed by atoms with van der Waals surface area (Å²) in [4.78, 5) is 18.5. The Bertz CT molecular complexity index is 399. The molecule has 1 aromatic rings. The van der Waals surface area contributed by atoms with Gasteiger partial charge in [-0.1, -0.05) is 13.8 Å². The molecule has 0 bridgehead atoms. The number of carbonyl (C=O) groups is 1. The van der Waals surface area contributed by atoms with Gasteiger partial charge in [0.1, 0.15) is 5.69 Å². The number of rotatable bonds is 8. The van der Waals surface area contributed by atoms with Gasteiger partial charge in [0.2, 0.25) is 0 Å². The van der Waals surface area contributed by atoms with E-state index in [0.29, 0.717) is 37.9 Å². The number of nitrogens with zero attached hydrogens (tertiary/aromatic N) is 2. The van der Waals surface area contributed by atoms with Crippen LogP contribution in [0.4, 0.5) is 0 Å². The number of ether oxygens (including phenoxy) is 1. The molecule has 5 nitrogen and oxygen atoms in total. The fourth-order valence-electron chi connectivity index (χ4n) is 1.73. The summed E-state index contributed by atoms with van der Waals surface area (Å²) in [6.07, 6.45) is 0.722. The van der Waals surface area contributed by atoms with Crippen molar-refractivity contribution in [3.8, 4) is 0 Å². The SMILES string of the molecule is COCCN(CC(C)C)C(=O)c1csc(CCN)n1.Cl. The second kappa shape index (κ2) is 10.1. The average Bonchev–Trinajstić information content (AvgIpc) is 2.82. The maximum atomic E-state index is 12.4. The first-order valence-corrected chi connectivity index (χ1v) is 7.39. The van der Waals surface area contributed by atoms with Crippen LogP contribution in [0.5, 0.6) is 0 Å². The molecule has 20 heavy (non-hydrogen) atoms. The van der Waals surface area contributed by atoms with Gasteiger partial charge in [0, 0.05) is 32.0 Å². The minimum atomic E-state index is -0.0229. The Kier molecular flexibility index (Phi) is 9.75. The molecule has 116 valence electrons. The van der Waals surface area contributed by atoms with Gasteiger partial charge in [0.25, 0.3) is 5.91 Å². The van der Waals surface area contributed by atoms with Gasteiger partial charge in [-0.3, -0.25) is 4.79 Å². The lowest BCUT2D eigenvalue weighted by Crippen LogP contribution is -2.37. The summed E-state index contributed by atoms with van der Waals surface area (Å²) >= 11 is 1.49. The van der Waals surface area contributed by atoms with Crippen molar-refractivity contribution in [1.29, 1.82) is 0 Å². The Morgan fingerprint density at radius 2 is 2.25 bits per heavy atom. The van der Waals surface area contributed by atoms with E-state index in [0.717, 1.165) is 11.4 Å². The number of methoxy groups -OCH3 is 1. The molecule has 2 N–H and O–H groups in total. The molecule has 1 amide bonds. The van der Waals surface area contributed by atoms with Gasteiger partial charge in [0.05, 0.1) is 11.6 Å². The first kappa shape index (κ1) is 19.3. The minimum Gasteiger partial charge on any atom is -0.383 e. The molecule has 0 fully saturated rings. The van der Waals surface area contributed by atoms with Crippen LogP contribution in [0.2, 0.25) is 0 Å². The molecule has 0 atom stereocenters. The van der Waals surface area contributed by atoms with Crippen molar-refractivity contribution in [2.75, 3.05) is 33.4 Å². The van der Waals surface area contributed by atoms with Crippen LogP contribution in [0.25, 0.3) is 0 Å². The highest BCUT2D eigenvalue weighted by Gasteiger charge is 2.19. The zero-order valence-electron chi connectivity index (χ0n) is 12.3. The summed E-state index contributed by atoms with van der Waals surface area (Å²) in [7, 11) is 1.64. The van der Waals surface area contributed by atoms with Crippen molar-refractivity contribution < 1.29 is 9.53 Å². The normalized spacial score (nSPS) is 10.4. The lowest BCUT2D eigenvalue weighted by molar-refractivity contribution is 0.0667. The van der Waals surface area contributed by atoms with Crippen LogP contribution in [0.3, 0.4) is 0 Å². The lowest BCUT2D eigenvalue weighted by Gasteiger charge is -2.23. The van der Waals surface area contributed by atoms with Gasteiger partial charge < -0.3 is 15.4 Å². The zero-order chi connectivity index (χ0) is 14.3. The average molecular weight is 322 g/mol. The molecule has 0 radical (unpaired) electrons. The highest BCUT2D eigenvalue weighted by atomic mass is 35.5. The summed E-state index contributed by atoms with van der Waals surface area (Å²) < 4.78 is 5.06. The van der Waals surface area contributed by atoms with E-state index in [1.165, 1.54) is 11.3 Å². The molecule has 0 unspecified atom stereocenters. The van der Waals surface area contributed by atoms with Gasteiger partial charge in [0.15, 0.2) is 0 Å². The molecule has 0 aliphatic heterocycles. The topological polar surface area (TPSA) is 68.5 Å². The summed E-state index contributed by atoms with van der Waals surface area (Å²) in [5.41, 5.74) is 6.01. The van der Waals surface area contributed by atoms with Gasteiger partial charge in [-0.2, -0.15) is 0 Å². The van der Waals surface area contributed by atoms with Gasteiger partial charge >= 0.3 is 0 Å². The number of halogens is 1. The predicted octanol–water partition coefficient (Wildman–Crippen LogP) is 1.81. The molecule has 0 saturated heterocycles.